The summed E-state index contributed by atoms with van der Waals surface area (Å²) in [6, 6.07) is 14.2. The van der Waals surface area contributed by atoms with Crippen LogP contribution in [-0.4, -0.2) is 74.0 Å². The van der Waals surface area contributed by atoms with Crippen LogP contribution >= 0.6 is 0 Å². The van der Waals surface area contributed by atoms with Gasteiger partial charge in [-0.25, -0.2) is 0 Å². The van der Waals surface area contributed by atoms with Crippen LogP contribution in [0.3, 0.4) is 0 Å². The molecule has 2 N–H and O–H groups in total. The van der Waals surface area contributed by atoms with E-state index in [1.54, 1.807) is 19.5 Å². The number of phenolic OH excluding ortho intramolecular Hbond substituents is 2. The van der Waals surface area contributed by atoms with Crippen molar-refractivity contribution in [2.24, 2.45) is 9.98 Å². The van der Waals surface area contributed by atoms with E-state index in [4.69, 9.17) is 34.5 Å². The van der Waals surface area contributed by atoms with Crippen molar-refractivity contribution in [3.05, 3.63) is 53.6 Å². The molecule has 3 aromatic carbocycles. The summed E-state index contributed by atoms with van der Waals surface area (Å²) in [7, 11) is -5.22. The van der Waals surface area contributed by atoms with Crippen LogP contribution in [0.5, 0.6) is 17.2 Å². The van der Waals surface area contributed by atoms with Crippen LogP contribution in [0, 0.1) is 0 Å². The second kappa shape index (κ2) is 19.0. The van der Waals surface area contributed by atoms with Gasteiger partial charge in [0.15, 0.2) is 0 Å². The van der Waals surface area contributed by atoms with Gasteiger partial charge in [-0.1, -0.05) is 113 Å². The Bertz CT molecular complexity index is 1720. The molecule has 0 spiro atoms. The minimum atomic E-state index is -1.80. The molecule has 0 amide bonds. The first-order valence-corrected chi connectivity index (χ1v) is 30.5. The third kappa shape index (κ3) is 15.5. The van der Waals surface area contributed by atoms with Crippen molar-refractivity contribution in [3.63, 3.8) is 0 Å². The van der Waals surface area contributed by atoms with Crippen molar-refractivity contribution in [1.82, 2.24) is 0 Å². The number of aromatic hydroxyl groups is 2. The monoisotopic (exact) mass is 811 g/mol. The number of nitrogens with zero attached hydrogens (tertiary/aromatic N) is 2. The Balaban J connectivity index is 0.00000251. The van der Waals surface area contributed by atoms with E-state index < -0.39 is 44.2 Å². The van der Waals surface area contributed by atoms with Gasteiger partial charge in [0, 0.05) is 41.6 Å². The largest absolute Gasteiger partial charge is 2.00 e. The van der Waals surface area contributed by atoms with Crippen molar-refractivity contribution in [2.75, 3.05) is 7.11 Å². The van der Waals surface area contributed by atoms with Gasteiger partial charge in [0.25, 0.3) is 0 Å². The normalized spacial score (nSPS) is 12.0. The maximum atomic E-state index is 11.3. The van der Waals surface area contributed by atoms with E-state index in [9.17, 15) is 10.2 Å². The molecule has 9 nitrogen and oxygen atoms in total. The molecule has 1 radical (unpaired) electrons. The summed E-state index contributed by atoms with van der Waals surface area (Å²) in [5, 5.41) is 45.1. The first-order valence-electron chi connectivity index (χ1n) is 16.5. The van der Waals surface area contributed by atoms with E-state index in [0.717, 1.165) is 35.3 Å². The number of methoxy groups -OCH3 is 1. The van der Waals surface area contributed by atoms with E-state index in [2.05, 4.69) is 103 Å². The van der Waals surface area contributed by atoms with Crippen LogP contribution in [-0.2, 0) is 26.4 Å². The Morgan fingerprint density at radius 2 is 0.941 bits per heavy atom. The molecule has 0 fully saturated rings. The van der Waals surface area contributed by atoms with E-state index in [0.29, 0.717) is 28.6 Å². The molecule has 0 aliphatic rings. The Labute approximate surface area is 319 Å². The number of carboxylic acids is 2. The number of carboxylic acid groups (broad SMARTS) is 2. The van der Waals surface area contributed by atoms with Gasteiger partial charge in [-0.3, -0.25) is 9.98 Å². The number of rotatable bonds is 9. The molecule has 0 saturated carbocycles. The minimum Gasteiger partial charge on any atom is -0.550 e. The second-order valence-electron chi connectivity index (χ2n) is 16.3. The van der Waals surface area contributed by atoms with Gasteiger partial charge in [-0.15, -0.1) is 0 Å². The molecular weight excluding hydrogens is 756 g/mol. The summed E-state index contributed by atoms with van der Waals surface area (Å²) in [6.07, 6.45) is 3.51. The maximum Gasteiger partial charge on any atom is 2.00 e. The average Bonchev–Trinajstić information content (AvgIpc) is 2.93. The SMILES string of the molecule is CC(=O)[O-].CC(=O)[O-].COc1ccc(N=Cc2cc([Si](C)(C)C)cc([Si](C)(C)C)c2O)c(N=Cc2cc([Si](C)(C)C)cc([Si](C)(C)C)c2O)c1.[Co+2]. The number of carbonyl (C=O) groups is 2. The van der Waals surface area contributed by atoms with Crippen molar-refractivity contribution < 1.29 is 51.5 Å². The quantitative estimate of drug-likeness (QED) is 0.242. The standard InChI is InChI=1S/C33H50N2O3Si4.2C2H4O2.Co/c1-38-25-14-15-28(34-21-23-16-26(39(2,3)4)19-30(32(23)36)41(8,9)10)29(18-25)35-22-24-17-27(40(5,6)7)20-31(33(24)37)42(11,12)13;2*1-2(3)4;/h14-22,36-37H,1-13H3;2*1H3,(H,3,4);/q;;;+2/p-2. The molecule has 0 unspecified atom stereocenters. The molecule has 0 aliphatic carbocycles. The molecule has 0 bridgehead atoms. The second-order valence-corrected chi connectivity index (χ2v) is 36.5. The van der Waals surface area contributed by atoms with Gasteiger partial charge < -0.3 is 34.8 Å². The number of hydrogen-bond acceptors (Lipinski definition) is 9. The number of benzene rings is 3. The third-order valence-corrected chi connectivity index (χ3v) is 15.5. The minimum absolute atomic E-state index is 0. The average molecular weight is 812 g/mol. The van der Waals surface area contributed by atoms with Crippen molar-refractivity contribution >= 4 is 88.8 Å². The van der Waals surface area contributed by atoms with E-state index in [1.807, 2.05) is 18.2 Å². The van der Waals surface area contributed by atoms with Gasteiger partial charge >= 0.3 is 16.8 Å². The molecule has 0 heterocycles. The predicted molar refractivity (Wildman–Crippen MR) is 217 cm³/mol. The summed E-state index contributed by atoms with van der Waals surface area (Å²) in [5.74, 6) is -0.848. The molecule has 51 heavy (non-hydrogen) atoms. The smallest absolute Gasteiger partial charge is 0.550 e. The summed E-state index contributed by atoms with van der Waals surface area (Å²) >= 11 is 0. The van der Waals surface area contributed by atoms with Gasteiger partial charge in [0.2, 0.25) is 0 Å². The number of aliphatic imine (C=N–C) groups is 2. The van der Waals surface area contributed by atoms with Gasteiger partial charge in [0.05, 0.1) is 50.8 Å². The third-order valence-electron chi connectivity index (χ3n) is 7.49. The van der Waals surface area contributed by atoms with Crippen molar-refractivity contribution in [1.29, 1.82) is 0 Å². The molecule has 3 aromatic rings. The Morgan fingerprint density at radius 1 is 0.608 bits per heavy atom. The number of ether oxygens (including phenoxy) is 1. The fourth-order valence-corrected chi connectivity index (χ4v) is 10.1. The topological polar surface area (TPSA) is 155 Å². The number of aliphatic carboxylic acids is 2. The predicted octanol–water partition coefficient (Wildman–Crippen LogP) is 4.30. The van der Waals surface area contributed by atoms with Crippen molar-refractivity contribution in [2.45, 2.75) is 92.4 Å². The molecule has 14 heteroatoms. The van der Waals surface area contributed by atoms with Crippen LogP contribution in [0.2, 0.25) is 78.6 Å². The number of hydrogen-bond donors (Lipinski definition) is 2. The van der Waals surface area contributed by atoms with Crippen LogP contribution in [0.1, 0.15) is 25.0 Å². The fourth-order valence-electron chi connectivity index (χ4n) is 4.64. The molecule has 0 saturated heterocycles. The Kier molecular flexibility index (Phi) is 17.8. The molecule has 0 aromatic heterocycles. The van der Waals surface area contributed by atoms with Gasteiger partial charge in [-0.2, -0.15) is 0 Å². The van der Waals surface area contributed by atoms with Crippen LogP contribution in [0.4, 0.5) is 11.4 Å². The molecule has 0 aliphatic heterocycles. The van der Waals surface area contributed by atoms with Gasteiger partial charge in [-0.05, 0) is 36.4 Å². The first-order chi connectivity index (χ1) is 22.6. The maximum absolute atomic E-state index is 11.3. The summed E-state index contributed by atoms with van der Waals surface area (Å²) in [5.41, 5.74) is 2.75. The van der Waals surface area contributed by atoms with Crippen molar-refractivity contribution in [3.8, 4) is 17.2 Å². The van der Waals surface area contributed by atoms with Crippen LogP contribution in [0.25, 0.3) is 0 Å². The summed E-state index contributed by atoms with van der Waals surface area (Å²) < 4.78 is 5.51. The fraction of sp³-hybridized carbons (Fsp3) is 0.405. The molecule has 0 atom stereocenters. The van der Waals surface area contributed by atoms with Gasteiger partial charge in [0.1, 0.15) is 17.2 Å². The van der Waals surface area contributed by atoms with Crippen LogP contribution in [0.15, 0.2) is 52.4 Å². The zero-order valence-corrected chi connectivity index (χ0v) is 37.9. The number of carbonyl (C=O) groups excluding carboxylic acids is 2. The van der Waals surface area contributed by atoms with E-state index in [1.165, 1.54) is 10.4 Å². The zero-order chi connectivity index (χ0) is 39.0. The van der Waals surface area contributed by atoms with Crippen LogP contribution < -0.4 is 35.7 Å². The molecular formula is C37H56CoN2O7Si4. The summed E-state index contributed by atoms with van der Waals surface area (Å²) in [6.45, 7) is 29.4. The summed E-state index contributed by atoms with van der Waals surface area (Å²) in [4.78, 5) is 27.5. The Morgan fingerprint density at radius 3 is 1.24 bits per heavy atom. The molecule has 281 valence electrons. The zero-order valence-electron chi connectivity index (χ0n) is 32.9. The van der Waals surface area contributed by atoms with E-state index in [-0.39, 0.29) is 16.8 Å². The van der Waals surface area contributed by atoms with E-state index >= 15 is 0 Å². The number of phenols is 2. The molecule has 3 rings (SSSR count). The first kappa shape index (κ1) is 47.7. The Hall–Kier alpha value is -3.29.